The lowest BCUT2D eigenvalue weighted by atomic mass is 9.99. The van der Waals surface area contributed by atoms with Crippen molar-refractivity contribution in [1.29, 1.82) is 0 Å². The minimum absolute atomic E-state index is 0.161. The molecule has 0 aromatic rings. The van der Waals surface area contributed by atoms with Crippen LogP contribution in [0.2, 0.25) is 0 Å². The van der Waals surface area contributed by atoms with Crippen molar-refractivity contribution in [3.63, 3.8) is 0 Å². The zero-order valence-electron chi connectivity index (χ0n) is 12.3. The number of nitrogens with one attached hydrogen (secondary N) is 2. The number of urea groups is 1. The highest BCUT2D eigenvalue weighted by molar-refractivity contribution is 5.86. The van der Waals surface area contributed by atoms with Gasteiger partial charge in [-0.2, -0.15) is 0 Å². The van der Waals surface area contributed by atoms with Crippen molar-refractivity contribution in [2.24, 2.45) is 11.7 Å². The first-order chi connectivity index (χ1) is 8.68. The SMILES string of the molecule is CCCC(C)(O)CNC(=O)C(CC(C)C)NC(N)=O. The molecule has 0 bridgehead atoms. The average Bonchev–Trinajstić information content (AvgIpc) is 2.23. The lowest BCUT2D eigenvalue weighted by Crippen LogP contribution is -2.52. The van der Waals surface area contributed by atoms with E-state index in [0.717, 1.165) is 6.42 Å². The zero-order chi connectivity index (χ0) is 15.1. The number of carbonyl (C=O) groups excluding carboxylic acids is 2. The first-order valence-corrected chi connectivity index (χ1v) is 6.74. The second-order valence-electron chi connectivity index (χ2n) is 5.66. The summed E-state index contributed by atoms with van der Waals surface area (Å²) in [5, 5.41) is 15.1. The Bertz CT molecular complexity index is 304. The fourth-order valence-electron chi connectivity index (χ4n) is 1.90. The minimum Gasteiger partial charge on any atom is -0.388 e. The maximum Gasteiger partial charge on any atom is 0.312 e. The molecule has 2 atom stereocenters. The van der Waals surface area contributed by atoms with Gasteiger partial charge in [-0.05, 0) is 25.7 Å². The number of hydrogen-bond acceptors (Lipinski definition) is 3. The maximum absolute atomic E-state index is 12.0. The van der Waals surface area contributed by atoms with Gasteiger partial charge < -0.3 is 21.5 Å². The zero-order valence-corrected chi connectivity index (χ0v) is 12.3. The fraction of sp³-hybridized carbons (Fsp3) is 0.846. The molecule has 0 rings (SSSR count). The van der Waals surface area contributed by atoms with E-state index in [2.05, 4.69) is 10.6 Å². The molecule has 0 aliphatic carbocycles. The van der Waals surface area contributed by atoms with E-state index in [1.165, 1.54) is 0 Å². The molecule has 0 saturated carbocycles. The van der Waals surface area contributed by atoms with Crippen molar-refractivity contribution in [2.75, 3.05) is 6.54 Å². The van der Waals surface area contributed by atoms with Crippen LogP contribution in [-0.2, 0) is 4.79 Å². The average molecular weight is 273 g/mol. The number of aliphatic hydroxyl groups is 1. The normalized spacial score (nSPS) is 15.7. The monoisotopic (exact) mass is 273 g/mol. The molecule has 0 radical (unpaired) electrons. The summed E-state index contributed by atoms with van der Waals surface area (Å²) in [5.41, 5.74) is 4.13. The van der Waals surface area contributed by atoms with Crippen molar-refractivity contribution in [3.8, 4) is 0 Å². The van der Waals surface area contributed by atoms with Crippen molar-refractivity contribution in [1.82, 2.24) is 10.6 Å². The summed E-state index contributed by atoms with van der Waals surface area (Å²) in [4.78, 5) is 22.9. The molecule has 0 spiro atoms. The van der Waals surface area contributed by atoms with Gasteiger partial charge in [0.2, 0.25) is 5.91 Å². The first kappa shape index (κ1) is 17.7. The van der Waals surface area contributed by atoms with Crippen molar-refractivity contribution < 1.29 is 14.7 Å². The Kier molecular flexibility index (Phi) is 7.44. The Morgan fingerprint density at radius 1 is 1.37 bits per heavy atom. The Morgan fingerprint density at radius 2 is 1.95 bits per heavy atom. The number of nitrogens with two attached hydrogens (primary N) is 1. The summed E-state index contributed by atoms with van der Waals surface area (Å²) in [6.07, 6.45) is 1.94. The molecule has 0 aromatic heterocycles. The molecule has 2 unspecified atom stereocenters. The molecule has 0 aromatic carbocycles. The van der Waals surface area contributed by atoms with E-state index in [-0.39, 0.29) is 18.4 Å². The molecule has 0 fully saturated rings. The van der Waals surface area contributed by atoms with Crippen LogP contribution < -0.4 is 16.4 Å². The lowest BCUT2D eigenvalue weighted by Gasteiger charge is -2.25. The number of primary amides is 1. The van der Waals surface area contributed by atoms with Crippen LogP contribution in [0.1, 0.15) is 47.0 Å². The molecule has 0 aliphatic heterocycles. The Labute approximate surface area is 115 Å². The van der Waals surface area contributed by atoms with E-state index >= 15 is 0 Å². The van der Waals surface area contributed by atoms with Crippen molar-refractivity contribution in [2.45, 2.75) is 58.6 Å². The second-order valence-corrected chi connectivity index (χ2v) is 5.66. The largest absolute Gasteiger partial charge is 0.388 e. The van der Waals surface area contributed by atoms with Gasteiger partial charge in [-0.15, -0.1) is 0 Å². The molecule has 0 aliphatic rings. The molecule has 0 saturated heterocycles. The van der Waals surface area contributed by atoms with E-state index in [0.29, 0.717) is 12.8 Å². The number of amides is 3. The van der Waals surface area contributed by atoms with E-state index in [4.69, 9.17) is 5.73 Å². The highest BCUT2D eigenvalue weighted by Crippen LogP contribution is 2.11. The molecule has 5 N–H and O–H groups in total. The van der Waals surface area contributed by atoms with Gasteiger partial charge in [-0.25, -0.2) is 4.79 Å². The van der Waals surface area contributed by atoms with E-state index in [1.54, 1.807) is 6.92 Å². The Balaban J connectivity index is 4.43. The smallest absolute Gasteiger partial charge is 0.312 e. The molecular formula is C13H27N3O3. The number of hydrogen-bond donors (Lipinski definition) is 4. The molecule has 3 amide bonds. The van der Waals surface area contributed by atoms with Crippen molar-refractivity contribution in [3.05, 3.63) is 0 Å². The number of rotatable bonds is 8. The van der Waals surface area contributed by atoms with Gasteiger partial charge in [-0.1, -0.05) is 27.2 Å². The predicted molar refractivity (Wildman–Crippen MR) is 74.5 cm³/mol. The summed E-state index contributed by atoms with van der Waals surface area (Å²) in [6, 6.07) is -1.38. The second kappa shape index (κ2) is 7.99. The summed E-state index contributed by atoms with van der Waals surface area (Å²) in [5.74, 6) is -0.0670. The molecule has 112 valence electrons. The molecule has 6 heteroatoms. The molecule has 6 nitrogen and oxygen atoms in total. The quantitative estimate of drug-likeness (QED) is 0.524. The van der Waals surface area contributed by atoms with Gasteiger partial charge in [0.25, 0.3) is 0 Å². The molecular weight excluding hydrogens is 246 g/mol. The summed E-state index contributed by atoms with van der Waals surface area (Å²) in [6.45, 7) is 7.71. The molecule has 0 heterocycles. The van der Waals surface area contributed by atoms with Crippen LogP contribution in [0.4, 0.5) is 4.79 Å². The Hall–Kier alpha value is -1.30. The van der Waals surface area contributed by atoms with Crippen LogP contribution in [0.5, 0.6) is 0 Å². The van der Waals surface area contributed by atoms with Gasteiger partial charge >= 0.3 is 6.03 Å². The van der Waals surface area contributed by atoms with Crippen LogP contribution in [0.25, 0.3) is 0 Å². The van der Waals surface area contributed by atoms with Gasteiger partial charge in [0, 0.05) is 6.54 Å². The van der Waals surface area contributed by atoms with Gasteiger partial charge in [0.1, 0.15) is 6.04 Å². The minimum atomic E-state index is -0.931. The van der Waals surface area contributed by atoms with Crippen molar-refractivity contribution >= 4 is 11.9 Å². The lowest BCUT2D eigenvalue weighted by molar-refractivity contribution is -0.124. The van der Waals surface area contributed by atoms with Crippen LogP contribution >= 0.6 is 0 Å². The fourth-order valence-corrected chi connectivity index (χ4v) is 1.90. The number of carbonyl (C=O) groups is 2. The van der Waals surface area contributed by atoms with Gasteiger partial charge in [0.15, 0.2) is 0 Å². The third-order valence-corrected chi connectivity index (χ3v) is 2.77. The summed E-state index contributed by atoms with van der Waals surface area (Å²) < 4.78 is 0. The topological polar surface area (TPSA) is 104 Å². The van der Waals surface area contributed by atoms with Crippen LogP contribution in [-0.4, -0.2) is 35.2 Å². The third-order valence-electron chi connectivity index (χ3n) is 2.77. The summed E-state index contributed by atoms with van der Waals surface area (Å²) >= 11 is 0. The van der Waals surface area contributed by atoms with E-state index in [9.17, 15) is 14.7 Å². The predicted octanol–water partition coefficient (Wildman–Crippen LogP) is 0.737. The first-order valence-electron chi connectivity index (χ1n) is 6.74. The third kappa shape index (κ3) is 8.42. The van der Waals surface area contributed by atoms with Gasteiger partial charge in [0.05, 0.1) is 5.60 Å². The van der Waals surface area contributed by atoms with Crippen LogP contribution in [0.3, 0.4) is 0 Å². The standard InChI is InChI=1S/C13H27N3O3/c1-5-6-13(4,19)8-15-11(17)10(7-9(2)3)16-12(14)18/h9-10,19H,5-8H2,1-4H3,(H,15,17)(H3,14,16,18). The maximum atomic E-state index is 12.0. The highest BCUT2D eigenvalue weighted by atomic mass is 16.3. The van der Waals surface area contributed by atoms with Crippen LogP contribution in [0.15, 0.2) is 0 Å². The van der Waals surface area contributed by atoms with E-state index in [1.807, 2.05) is 20.8 Å². The summed E-state index contributed by atoms with van der Waals surface area (Å²) in [7, 11) is 0. The van der Waals surface area contributed by atoms with Gasteiger partial charge in [-0.3, -0.25) is 4.79 Å². The van der Waals surface area contributed by atoms with Crippen LogP contribution in [0, 0.1) is 5.92 Å². The van der Waals surface area contributed by atoms with E-state index < -0.39 is 17.7 Å². The Morgan fingerprint density at radius 3 is 2.37 bits per heavy atom. The highest BCUT2D eigenvalue weighted by Gasteiger charge is 2.24. The molecule has 19 heavy (non-hydrogen) atoms.